The highest BCUT2D eigenvalue weighted by atomic mass is 16.5. The second kappa shape index (κ2) is 6.22. The van der Waals surface area contributed by atoms with Crippen LogP contribution in [0.25, 0.3) is 5.57 Å². The Labute approximate surface area is 118 Å². The van der Waals surface area contributed by atoms with Crippen LogP contribution in [-0.2, 0) is 14.3 Å². The predicted molar refractivity (Wildman–Crippen MR) is 75.7 cm³/mol. The Morgan fingerprint density at radius 2 is 2.10 bits per heavy atom. The lowest BCUT2D eigenvalue weighted by molar-refractivity contribution is -0.150. The molecule has 1 aliphatic heterocycles. The van der Waals surface area contributed by atoms with Crippen LogP contribution in [0, 0.1) is 0 Å². The minimum Gasteiger partial charge on any atom is -0.460 e. The van der Waals surface area contributed by atoms with Crippen LogP contribution in [0.1, 0.15) is 25.3 Å². The van der Waals surface area contributed by atoms with Crippen LogP contribution in [0.15, 0.2) is 42.6 Å². The minimum absolute atomic E-state index is 0.0536. The first-order chi connectivity index (χ1) is 9.61. The number of hydrogen-bond acceptors (Lipinski definition) is 3. The van der Waals surface area contributed by atoms with Gasteiger partial charge in [0.05, 0.1) is 6.04 Å². The van der Waals surface area contributed by atoms with Crippen molar-refractivity contribution in [2.45, 2.75) is 31.9 Å². The maximum Gasteiger partial charge on any atom is 0.302 e. The Kier molecular flexibility index (Phi) is 4.38. The first-order valence-corrected chi connectivity index (χ1v) is 6.53. The minimum atomic E-state index is -0.403. The van der Waals surface area contributed by atoms with Crippen molar-refractivity contribution in [2.24, 2.45) is 0 Å². The summed E-state index contributed by atoms with van der Waals surface area (Å²) >= 11 is 0. The number of benzene rings is 1. The summed E-state index contributed by atoms with van der Waals surface area (Å²) in [6.45, 7) is 5.07. The fraction of sp³-hybridized carbons (Fsp3) is 0.312. The van der Waals surface area contributed by atoms with Gasteiger partial charge in [-0.1, -0.05) is 36.9 Å². The molecule has 0 radical (unpaired) electrons. The van der Waals surface area contributed by atoms with E-state index in [-0.39, 0.29) is 18.0 Å². The Morgan fingerprint density at radius 1 is 1.40 bits per heavy atom. The van der Waals surface area contributed by atoms with Crippen molar-refractivity contribution in [1.29, 1.82) is 0 Å². The van der Waals surface area contributed by atoms with Crippen LogP contribution in [0.5, 0.6) is 0 Å². The third-order valence-electron chi connectivity index (χ3n) is 3.25. The molecule has 1 N–H and O–H groups in total. The molecule has 1 heterocycles. The van der Waals surface area contributed by atoms with E-state index in [4.69, 9.17) is 4.74 Å². The van der Waals surface area contributed by atoms with E-state index in [0.29, 0.717) is 12.8 Å². The zero-order chi connectivity index (χ0) is 14.5. The van der Waals surface area contributed by atoms with Crippen molar-refractivity contribution in [1.82, 2.24) is 5.32 Å². The fourth-order valence-electron chi connectivity index (χ4n) is 2.39. The average Bonchev–Trinajstić information content (AvgIpc) is 2.43. The summed E-state index contributed by atoms with van der Waals surface area (Å²) in [6.07, 6.45) is 0.483. The number of carbonyl (C=O) groups is 2. The lowest BCUT2D eigenvalue weighted by Gasteiger charge is -2.32. The van der Waals surface area contributed by atoms with Gasteiger partial charge in [-0.3, -0.25) is 9.59 Å². The third-order valence-corrected chi connectivity index (χ3v) is 3.25. The maximum absolute atomic E-state index is 11.6. The lowest BCUT2D eigenvalue weighted by Crippen LogP contribution is -2.50. The van der Waals surface area contributed by atoms with Gasteiger partial charge in [-0.2, -0.15) is 0 Å². The zero-order valence-corrected chi connectivity index (χ0v) is 11.4. The molecule has 4 heteroatoms. The Bertz CT molecular complexity index is 558. The topological polar surface area (TPSA) is 55.4 Å². The van der Waals surface area contributed by atoms with E-state index < -0.39 is 6.04 Å². The van der Waals surface area contributed by atoms with Crippen molar-refractivity contribution in [3.63, 3.8) is 0 Å². The van der Waals surface area contributed by atoms with Gasteiger partial charge in [-0.25, -0.2) is 0 Å². The summed E-state index contributed by atoms with van der Waals surface area (Å²) in [6, 6.07) is 9.14. The monoisotopic (exact) mass is 271 g/mol. The second-order valence-electron chi connectivity index (χ2n) is 4.69. The molecule has 2 rings (SSSR count). The number of ether oxygens (including phenoxy) is 1. The lowest BCUT2D eigenvalue weighted by atomic mass is 9.90. The maximum atomic E-state index is 11.6. The highest BCUT2D eigenvalue weighted by Gasteiger charge is 2.34. The highest BCUT2D eigenvalue weighted by Crippen LogP contribution is 2.26. The summed E-state index contributed by atoms with van der Waals surface area (Å²) in [7, 11) is 0. The molecule has 2 unspecified atom stereocenters. The number of carbonyl (C=O) groups excluding carboxylic acids is 2. The quantitative estimate of drug-likeness (QED) is 0.676. The van der Waals surface area contributed by atoms with Crippen molar-refractivity contribution in [3.05, 3.63) is 48.2 Å². The van der Waals surface area contributed by atoms with Gasteiger partial charge < -0.3 is 10.1 Å². The number of piperidine rings is 1. The molecule has 4 nitrogen and oxygen atoms in total. The van der Waals surface area contributed by atoms with Crippen LogP contribution in [0.2, 0.25) is 0 Å². The van der Waals surface area contributed by atoms with E-state index in [1.54, 1.807) is 0 Å². The molecule has 0 bridgehead atoms. The molecule has 0 aliphatic carbocycles. The Balaban J connectivity index is 2.31. The molecule has 1 amide bonds. The SMILES string of the molecule is C=C=C(c1ccccc1)C1NC(=O)CCC1OC(C)=O. The van der Waals surface area contributed by atoms with E-state index in [0.717, 1.165) is 11.1 Å². The molecule has 0 aromatic heterocycles. The predicted octanol–water partition coefficient (Wildman–Crippen LogP) is 2.07. The molecule has 2 atom stereocenters. The molecule has 0 saturated carbocycles. The van der Waals surface area contributed by atoms with Gasteiger partial charge in [0.1, 0.15) is 6.10 Å². The van der Waals surface area contributed by atoms with Gasteiger partial charge in [-0.15, -0.1) is 5.73 Å². The van der Waals surface area contributed by atoms with Crippen LogP contribution in [-0.4, -0.2) is 24.0 Å². The second-order valence-corrected chi connectivity index (χ2v) is 4.69. The first kappa shape index (κ1) is 14.1. The summed E-state index contributed by atoms with van der Waals surface area (Å²) < 4.78 is 5.31. The first-order valence-electron chi connectivity index (χ1n) is 6.53. The van der Waals surface area contributed by atoms with Gasteiger partial charge >= 0.3 is 5.97 Å². The molecule has 0 spiro atoms. The van der Waals surface area contributed by atoms with Gasteiger partial charge in [-0.05, 0) is 12.0 Å². The molecule has 1 aromatic rings. The molecule has 20 heavy (non-hydrogen) atoms. The van der Waals surface area contributed by atoms with Crippen molar-refractivity contribution < 1.29 is 14.3 Å². The molecule has 1 fully saturated rings. The molecule has 104 valence electrons. The van der Waals surface area contributed by atoms with E-state index in [1.807, 2.05) is 30.3 Å². The van der Waals surface area contributed by atoms with Crippen LogP contribution in [0.3, 0.4) is 0 Å². The number of hydrogen-bond donors (Lipinski definition) is 1. The molecule has 1 aliphatic rings. The van der Waals surface area contributed by atoms with E-state index in [2.05, 4.69) is 17.6 Å². The number of amides is 1. The van der Waals surface area contributed by atoms with Crippen LogP contribution >= 0.6 is 0 Å². The molecule has 1 saturated heterocycles. The third kappa shape index (κ3) is 3.16. The Hall–Kier alpha value is -2.32. The van der Waals surface area contributed by atoms with E-state index in [9.17, 15) is 9.59 Å². The van der Waals surface area contributed by atoms with Gasteiger partial charge in [0.25, 0.3) is 0 Å². The number of nitrogens with one attached hydrogen (secondary N) is 1. The normalized spacial score (nSPS) is 21.6. The summed E-state index contributed by atoms with van der Waals surface area (Å²) in [5.74, 6) is -0.408. The van der Waals surface area contributed by atoms with Crippen LogP contribution < -0.4 is 5.32 Å². The highest BCUT2D eigenvalue weighted by molar-refractivity contribution is 5.82. The van der Waals surface area contributed by atoms with Crippen LogP contribution in [0.4, 0.5) is 0 Å². The van der Waals surface area contributed by atoms with E-state index >= 15 is 0 Å². The summed E-state index contributed by atoms with van der Waals surface area (Å²) in [5, 5.41) is 2.87. The smallest absolute Gasteiger partial charge is 0.302 e. The standard InChI is InChI=1S/C16H17NO3/c1-3-13(12-7-5-4-6-8-12)16-14(20-11(2)18)9-10-15(19)17-16/h4-8,14,16H,1,9-10H2,2H3,(H,17,19). The molecular formula is C16H17NO3. The molecule has 1 aromatic carbocycles. The van der Waals surface area contributed by atoms with E-state index in [1.165, 1.54) is 6.92 Å². The fourth-order valence-corrected chi connectivity index (χ4v) is 2.39. The molecular weight excluding hydrogens is 254 g/mol. The summed E-state index contributed by atoms with van der Waals surface area (Å²) in [5.41, 5.74) is 4.52. The summed E-state index contributed by atoms with van der Waals surface area (Å²) in [4.78, 5) is 22.8. The van der Waals surface area contributed by atoms with Crippen molar-refractivity contribution in [2.75, 3.05) is 0 Å². The van der Waals surface area contributed by atoms with Crippen molar-refractivity contribution in [3.8, 4) is 0 Å². The van der Waals surface area contributed by atoms with Gasteiger partial charge in [0.2, 0.25) is 5.91 Å². The number of rotatable bonds is 3. The van der Waals surface area contributed by atoms with Gasteiger partial charge in [0, 0.05) is 18.9 Å². The average molecular weight is 271 g/mol. The Morgan fingerprint density at radius 3 is 2.70 bits per heavy atom. The van der Waals surface area contributed by atoms with Gasteiger partial charge in [0.15, 0.2) is 0 Å². The number of esters is 1. The largest absolute Gasteiger partial charge is 0.460 e. The zero-order valence-electron chi connectivity index (χ0n) is 11.4. The van der Waals surface area contributed by atoms with Crippen molar-refractivity contribution >= 4 is 17.4 Å².